The second-order valence-corrected chi connectivity index (χ2v) is 8.02. The summed E-state index contributed by atoms with van der Waals surface area (Å²) in [5.41, 5.74) is 2.32. The summed E-state index contributed by atoms with van der Waals surface area (Å²) in [6.45, 7) is 8.73. The Morgan fingerprint density at radius 1 is 1.31 bits per heavy atom. The number of imidazole rings is 1. The molecule has 2 aromatic heterocycles. The first-order valence-electron chi connectivity index (χ1n) is 10.3. The van der Waals surface area contributed by atoms with Crippen LogP contribution in [0.25, 0.3) is 11.0 Å². The molecule has 0 spiro atoms. The number of nitrogens with one attached hydrogen (secondary N) is 1. The third-order valence-corrected chi connectivity index (χ3v) is 6.31. The van der Waals surface area contributed by atoms with Gasteiger partial charge in [0.2, 0.25) is 5.95 Å². The number of thiazole rings is 1. The zero-order valence-electron chi connectivity index (χ0n) is 16.9. The number of hydrogen-bond donors (Lipinski definition) is 1. The molecule has 1 fully saturated rings. The topological polar surface area (TPSA) is 72.3 Å². The van der Waals surface area contributed by atoms with Crippen molar-refractivity contribution in [1.82, 2.24) is 19.4 Å². The fourth-order valence-corrected chi connectivity index (χ4v) is 4.54. The van der Waals surface area contributed by atoms with E-state index in [1.807, 2.05) is 24.3 Å². The quantitative estimate of drug-likeness (QED) is 0.606. The van der Waals surface area contributed by atoms with Crippen LogP contribution in [0, 0.1) is 0 Å². The normalized spacial score (nSPS) is 16.7. The molecule has 1 unspecified atom stereocenters. The van der Waals surface area contributed by atoms with E-state index in [2.05, 4.69) is 38.6 Å². The van der Waals surface area contributed by atoms with Crippen molar-refractivity contribution in [2.24, 2.45) is 0 Å². The fraction of sp³-hybridized carbons (Fsp3) is 0.476. The maximum Gasteiger partial charge on any atom is 0.277 e. The molecule has 1 atom stereocenters. The maximum absolute atomic E-state index is 12.9. The van der Waals surface area contributed by atoms with Crippen LogP contribution in [0.3, 0.4) is 0 Å². The number of fused-ring (bicyclic) bond motifs is 1. The minimum absolute atomic E-state index is 0.0280. The van der Waals surface area contributed by atoms with E-state index in [9.17, 15) is 4.79 Å². The van der Waals surface area contributed by atoms with Gasteiger partial charge in [0.15, 0.2) is 0 Å². The van der Waals surface area contributed by atoms with Crippen LogP contribution in [0.5, 0.6) is 0 Å². The largest absolute Gasteiger partial charge is 0.371 e. The highest BCUT2D eigenvalue weighted by Gasteiger charge is 2.23. The standard InChI is InChI=1S/C21H27N5O2S/c1-3-25(4-2)11-12-26-17-9-6-5-8-15(17)23-21(26)24-19(27)16-14-29-20(22-16)18-10-7-13-28-18/h5-6,8-9,14,18H,3-4,7,10-13H2,1-2H3,(H,23,24,27). The number of hydrogen-bond acceptors (Lipinski definition) is 6. The summed E-state index contributed by atoms with van der Waals surface area (Å²) in [4.78, 5) is 24.4. The molecule has 3 heterocycles. The minimum atomic E-state index is -0.232. The van der Waals surface area contributed by atoms with Crippen LogP contribution < -0.4 is 5.32 Å². The van der Waals surface area contributed by atoms with E-state index in [0.29, 0.717) is 11.6 Å². The van der Waals surface area contributed by atoms with Gasteiger partial charge in [-0.05, 0) is 38.1 Å². The summed E-state index contributed by atoms with van der Waals surface area (Å²) in [6, 6.07) is 7.97. The predicted octanol–water partition coefficient (Wildman–Crippen LogP) is 3.94. The molecule has 7 nitrogen and oxygen atoms in total. The molecule has 1 N–H and O–H groups in total. The van der Waals surface area contributed by atoms with Crippen molar-refractivity contribution in [3.05, 3.63) is 40.3 Å². The fourth-order valence-electron chi connectivity index (χ4n) is 3.66. The zero-order chi connectivity index (χ0) is 20.2. The molecule has 0 saturated carbocycles. The lowest BCUT2D eigenvalue weighted by Crippen LogP contribution is -2.27. The highest BCUT2D eigenvalue weighted by molar-refractivity contribution is 7.09. The summed E-state index contributed by atoms with van der Waals surface area (Å²) in [7, 11) is 0. The van der Waals surface area contributed by atoms with Crippen molar-refractivity contribution in [3.8, 4) is 0 Å². The van der Waals surface area contributed by atoms with Gasteiger partial charge >= 0.3 is 0 Å². The number of carbonyl (C=O) groups is 1. The summed E-state index contributed by atoms with van der Waals surface area (Å²) in [5.74, 6) is 0.333. The number of ether oxygens (including phenoxy) is 1. The molecular formula is C21H27N5O2S. The van der Waals surface area contributed by atoms with Crippen LogP contribution >= 0.6 is 11.3 Å². The number of likely N-dealkylation sites (N-methyl/N-ethyl adjacent to an activating group) is 1. The summed E-state index contributed by atoms with van der Waals surface area (Å²) >= 11 is 1.48. The molecule has 1 amide bonds. The number of benzene rings is 1. The summed E-state index contributed by atoms with van der Waals surface area (Å²) < 4.78 is 7.76. The van der Waals surface area contributed by atoms with Crippen LogP contribution in [0.15, 0.2) is 29.6 Å². The van der Waals surface area contributed by atoms with Crippen molar-refractivity contribution in [2.75, 3.05) is 31.6 Å². The highest BCUT2D eigenvalue weighted by atomic mass is 32.1. The minimum Gasteiger partial charge on any atom is -0.371 e. The summed E-state index contributed by atoms with van der Waals surface area (Å²) in [6.07, 6.45) is 2.04. The third kappa shape index (κ3) is 4.34. The Balaban J connectivity index is 1.55. The van der Waals surface area contributed by atoms with Crippen LogP contribution in [-0.2, 0) is 11.3 Å². The molecule has 8 heteroatoms. The number of anilines is 1. The van der Waals surface area contributed by atoms with Gasteiger partial charge in [-0.2, -0.15) is 0 Å². The smallest absolute Gasteiger partial charge is 0.277 e. The number of aromatic nitrogens is 3. The Labute approximate surface area is 174 Å². The molecule has 0 radical (unpaired) electrons. The second-order valence-electron chi connectivity index (χ2n) is 7.13. The Bertz CT molecular complexity index is 973. The average molecular weight is 414 g/mol. The summed E-state index contributed by atoms with van der Waals surface area (Å²) in [5, 5.41) is 5.66. The van der Waals surface area contributed by atoms with Gasteiger partial charge in [-0.25, -0.2) is 9.97 Å². The van der Waals surface area contributed by atoms with Gasteiger partial charge in [-0.3, -0.25) is 10.1 Å². The number of para-hydroxylation sites is 2. The molecular weight excluding hydrogens is 386 g/mol. The Kier molecular flexibility index (Phi) is 6.22. The van der Waals surface area contributed by atoms with Crippen LogP contribution in [0.4, 0.5) is 5.95 Å². The Morgan fingerprint density at radius 2 is 2.14 bits per heavy atom. The van der Waals surface area contributed by atoms with Crippen molar-refractivity contribution in [2.45, 2.75) is 39.3 Å². The molecule has 1 saturated heterocycles. The Morgan fingerprint density at radius 3 is 2.90 bits per heavy atom. The first-order valence-corrected chi connectivity index (χ1v) is 11.1. The molecule has 1 aliphatic rings. The monoisotopic (exact) mass is 413 g/mol. The molecule has 29 heavy (non-hydrogen) atoms. The van der Waals surface area contributed by atoms with Gasteiger partial charge in [0.25, 0.3) is 5.91 Å². The van der Waals surface area contributed by atoms with E-state index >= 15 is 0 Å². The lowest BCUT2D eigenvalue weighted by molar-refractivity contribution is 0.101. The van der Waals surface area contributed by atoms with Crippen molar-refractivity contribution < 1.29 is 9.53 Å². The maximum atomic E-state index is 12.9. The number of amides is 1. The molecule has 1 aliphatic heterocycles. The molecule has 154 valence electrons. The first-order chi connectivity index (χ1) is 14.2. The molecule has 0 bridgehead atoms. The number of rotatable bonds is 8. The molecule has 4 rings (SSSR count). The zero-order valence-corrected chi connectivity index (χ0v) is 17.7. The van der Waals surface area contributed by atoms with Crippen LogP contribution in [-0.4, -0.2) is 51.6 Å². The van der Waals surface area contributed by atoms with E-state index in [4.69, 9.17) is 4.74 Å². The highest BCUT2D eigenvalue weighted by Crippen LogP contribution is 2.30. The first kappa shape index (κ1) is 20.0. The van der Waals surface area contributed by atoms with E-state index in [1.54, 1.807) is 5.38 Å². The van der Waals surface area contributed by atoms with Crippen LogP contribution in [0.2, 0.25) is 0 Å². The van der Waals surface area contributed by atoms with Gasteiger partial charge in [-0.1, -0.05) is 26.0 Å². The van der Waals surface area contributed by atoms with E-state index in [-0.39, 0.29) is 12.0 Å². The average Bonchev–Trinajstić information content (AvgIpc) is 3.48. The molecule has 0 aliphatic carbocycles. The van der Waals surface area contributed by atoms with Gasteiger partial charge in [0, 0.05) is 25.1 Å². The second kappa shape index (κ2) is 9.02. The Hall–Kier alpha value is -2.29. The van der Waals surface area contributed by atoms with Gasteiger partial charge < -0.3 is 14.2 Å². The van der Waals surface area contributed by atoms with Gasteiger partial charge in [0.05, 0.1) is 11.0 Å². The van der Waals surface area contributed by atoms with E-state index < -0.39 is 0 Å². The molecule has 3 aromatic rings. The van der Waals surface area contributed by atoms with E-state index in [1.165, 1.54) is 11.3 Å². The number of carbonyl (C=O) groups excluding carboxylic acids is 1. The van der Waals surface area contributed by atoms with Crippen molar-refractivity contribution in [1.29, 1.82) is 0 Å². The van der Waals surface area contributed by atoms with Gasteiger partial charge in [-0.15, -0.1) is 11.3 Å². The lowest BCUT2D eigenvalue weighted by Gasteiger charge is -2.19. The third-order valence-electron chi connectivity index (χ3n) is 5.37. The number of nitrogens with zero attached hydrogens (tertiary/aromatic N) is 4. The van der Waals surface area contributed by atoms with Crippen LogP contribution in [0.1, 0.15) is 48.3 Å². The SMILES string of the molecule is CCN(CC)CCn1c(NC(=O)c2csc(C3CCCO3)n2)nc2ccccc21. The predicted molar refractivity (Wildman–Crippen MR) is 116 cm³/mol. The molecule has 1 aromatic carbocycles. The lowest BCUT2D eigenvalue weighted by atomic mass is 10.2. The van der Waals surface area contributed by atoms with Crippen molar-refractivity contribution in [3.63, 3.8) is 0 Å². The van der Waals surface area contributed by atoms with E-state index in [0.717, 1.165) is 61.7 Å². The van der Waals surface area contributed by atoms with Gasteiger partial charge in [0.1, 0.15) is 16.8 Å². The van der Waals surface area contributed by atoms with Crippen molar-refractivity contribution >= 4 is 34.2 Å².